The number of rotatable bonds is 7. The summed E-state index contributed by atoms with van der Waals surface area (Å²) in [5.74, 6) is -0.950. The lowest BCUT2D eigenvalue weighted by Gasteiger charge is -2.25. The van der Waals surface area contributed by atoms with E-state index in [2.05, 4.69) is 5.32 Å². The summed E-state index contributed by atoms with van der Waals surface area (Å²) >= 11 is 5.96. The van der Waals surface area contributed by atoms with Crippen LogP contribution in [0.5, 0.6) is 0 Å². The second kappa shape index (κ2) is 7.14. The molecule has 1 aromatic carbocycles. The van der Waals surface area contributed by atoms with Crippen LogP contribution < -0.4 is 5.32 Å². The number of nitrogens with one attached hydrogen (secondary N) is 1. The Labute approximate surface area is 136 Å². The number of amides is 1. The molecule has 0 saturated heterocycles. The van der Waals surface area contributed by atoms with Gasteiger partial charge in [-0.2, -0.15) is 0 Å². The van der Waals surface area contributed by atoms with Gasteiger partial charge in [-0.15, -0.1) is 0 Å². The van der Waals surface area contributed by atoms with Crippen molar-refractivity contribution in [3.8, 4) is 0 Å². The van der Waals surface area contributed by atoms with Crippen molar-refractivity contribution in [2.24, 2.45) is 10.8 Å². The van der Waals surface area contributed by atoms with E-state index in [1.54, 1.807) is 19.9 Å². The maximum atomic E-state index is 12.3. The van der Waals surface area contributed by atoms with Gasteiger partial charge in [-0.3, -0.25) is 9.59 Å². The number of carbonyl (C=O) groups excluding carboxylic acids is 1. The highest BCUT2D eigenvalue weighted by Gasteiger charge is 2.30. The molecule has 0 aliphatic heterocycles. The molecule has 22 heavy (non-hydrogen) atoms. The zero-order chi connectivity index (χ0) is 17.0. The summed E-state index contributed by atoms with van der Waals surface area (Å²) < 4.78 is 0. The van der Waals surface area contributed by atoms with Gasteiger partial charge in [0.1, 0.15) is 0 Å². The summed E-state index contributed by atoms with van der Waals surface area (Å²) in [4.78, 5) is 23.4. The first-order chi connectivity index (χ1) is 10.0. The molecule has 1 amide bonds. The molecule has 0 bridgehead atoms. The molecule has 0 unspecified atom stereocenters. The van der Waals surface area contributed by atoms with Crippen LogP contribution in [0.15, 0.2) is 24.3 Å². The molecule has 1 rings (SSSR count). The van der Waals surface area contributed by atoms with Crippen molar-refractivity contribution in [1.29, 1.82) is 0 Å². The van der Waals surface area contributed by atoms with E-state index < -0.39 is 16.8 Å². The van der Waals surface area contributed by atoms with Gasteiger partial charge in [0.2, 0.25) is 5.91 Å². The summed E-state index contributed by atoms with van der Waals surface area (Å²) in [6.07, 6.45) is 0.961. The van der Waals surface area contributed by atoms with Crippen molar-refractivity contribution in [2.75, 3.05) is 6.54 Å². The molecule has 2 N–H and O–H groups in total. The first kappa shape index (κ1) is 18.5. The Hall–Kier alpha value is -1.55. The van der Waals surface area contributed by atoms with Crippen LogP contribution in [0.25, 0.3) is 0 Å². The van der Waals surface area contributed by atoms with Gasteiger partial charge in [-0.1, -0.05) is 37.6 Å². The molecule has 0 saturated carbocycles. The van der Waals surface area contributed by atoms with Crippen LogP contribution in [-0.4, -0.2) is 23.5 Å². The smallest absolute Gasteiger partial charge is 0.309 e. The predicted octanol–water partition coefficient (Wildman–Crippen LogP) is 3.53. The van der Waals surface area contributed by atoms with E-state index >= 15 is 0 Å². The number of aliphatic carboxylic acids is 1. The SMILES string of the molecule is CC(C)(CCNC(=O)C(C)(C)Cc1cccc(Cl)c1)C(=O)O. The molecule has 0 aliphatic carbocycles. The summed E-state index contributed by atoms with van der Waals surface area (Å²) in [7, 11) is 0. The summed E-state index contributed by atoms with van der Waals surface area (Å²) in [5.41, 5.74) is -0.430. The van der Waals surface area contributed by atoms with Crippen LogP contribution in [0.1, 0.15) is 39.7 Å². The first-order valence-corrected chi connectivity index (χ1v) is 7.68. The number of carboxylic acids is 1. The topological polar surface area (TPSA) is 66.4 Å². The molecule has 0 aliphatic rings. The summed E-state index contributed by atoms with van der Waals surface area (Å²) in [5, 5.41) is 12.5. The molecular formula is C17H24ClNO3. The molecule has 122 valence electrons. The van der Waals surface area contributed by atoms with Gasteiger partial charge in [0.25, 0.3) is 0 Å². The molecule has 0 fully saturated rings. The van der Waals surface area contributed by atoms with Crippen molar-refractivity contribution in [1.82, 2.24) is 5.32 Å². The number of halogens is 1. The Morgan fingerprint density at radius 3 is 2.36 bits per heavy atom. The zero-order valence-corrected chi connectivity index (χ0v) is 14.3. The minimum absolute atomic E-state index is 0.0892. The lowest BCUT2D eigenvalue weighted by molar-refractivity contribution is -0.147. The minimum atomic E-state index is -0.861. The van der Waals surface area contributed by atoms with E-state index in [9.17, 15) is 9.59 Å². The van der Waals surface area contributed by atoms with Gasteiger partial charge in [-0.05, 0) is 44.4 Å². The van der Waals surface area contributed by atoms with Crippen molar-refractivity contribution in [2.45, 2.75) is 40.5 Å². The van der Waals surface area contributed by atoms with Crippen molar-refractivity contribution in [3.05, 3.63) is 34.9 Å². The Balaban J connectivity index is 2.58. The second-order valence-electron chi connectivity index (χ2n) is 6.89. The number of hydrogen-bond donors (Lipinski definition) is 2. The Morgan fingerprint density at radius 1 is 1.18 bits per heavy atom. The molecule has 4 nitrogen and oxygen atoms in total. The molecule has 1 aromatic rings. The highest BCUT2D eigenvalue weighted by atomic mass is 35.5. The molecule has 0 aromatic heterocycles. The lowest BCUT2D eigenvalue weighted by atomic mass is 9.84. The maximum Gasteiger partial charge on any atom is 0.309 e. The normalized spacial score (nSPS) is 12.0. The van der Waals surface area contributed by atoms with Gasteiger partial charge in [0.05, 0.1) is 5.41 Å². The molecule has 0 heterocycles. The number of carbonyl (C=O) groups is 2. The van der Waals surface area contributed by atoms with E-state index in [0.717, 1.165) is 5.56 Å². The van der Waals surface area contributed by atoms with Crippen molar-refractivity contribution < 1.29 is 14.7 Å². The molecule has 0 radical (unpaired) electrons. The molecular weight excluding hydrogens is 302 g/mol. The zero-order valence-electron chi connectivity index (χ0n) is 13.6. The monoisotopic (exact) mass is 325 g/mol. The third-order valence-electron chi connectivity index (χ3n) is 3.76. The molecule has 0 spiro atoms. The van der Waals surface area contributed by atoms with E-state index in [1.807, 2.05) is 32.0 Å². The van der Waals surface area contributed by atoms with Crippen molar-refractivity contribution in [3.63, 3.8) is 0 Å². The fourth-order valence-corrected chi connectivity index (χ4v) is 2.29. The average molecular weight is 326 g/mol. The Bertz CT molecular complexity index is 553. The van der Waals surface area contributed by atoms with E-state index in [0.29, 0.717) is 24.4 Å². The largest absolute Gasteiger partial charge is 0.481 e. The average Bonchev–Trinajstić information content (AvgIpc) is 2.37. The lowest BCUT2D eigenvalue weighted by Crippen LogP contribution is -2.40. The highest BCUT2D eigenvalue weighted by molar-refractivity contribution is 6.30. The van der Waals surface area contributed by atoms with Crippen LogP contribution in [0.4, 0.5) is 0 Å². The number of hydrogen-bond acceptors (Lipinski definition) is 2. The standard InChI is InChI=1S/C17H24ClNO3/c1-16(2,15(21)22)8-9-19-14(20)17(3,4)11-12-6-5-7-13(18)10-12/h5-7,10H,8-9,11H2,1-4H3,(H,19,20)(H,21,22). The van der Waals surface area contributed by atoms with Crippen LogP contribution in [0, 0.1) is 10.8 Å². The van der Waals surface area contributed by atoms with Crippen LogP contribution in [0.3, 0.4) is 0 Å². The van der Waals surface area contributed by atoms with Crippen LogP contribution in [0.2, 0.25) is 5.02 Å². The Kier molecular flexibility index (Phi) is 6.00. The number of benzene rings is 1. The minimum Gasteiger partial charge on any atom is -0.481 e. The summed E-state index contributed by atoms with van der Waals surface area (Å²) in [6.45, 7) is 7.38. The third-order valence-corrected chi connectivity index (χ3v) is 4.00. The molecule has 0 atom stereocenters. The van der Waals surface area contributed by atoms with Gasteiger partial charge in [-0.25, -0.2) is 0 Å². The van der Waals surface area contributed by atoms with Crippen LogP contribution in [-0.2, 0) is 16.0 Å². The van der Waals surface area contributed by atoms with Gasteiger partial charge in [0, 0.05) is 17.0 Å². The number of carboxylic acid groups (broad SMARTS) is 1. The van der Waals surface area contributed by atoms with Gasteiger partial charge < -0.3 is 10.4 Å². The quantitative estimate of drug-likeness (QED) is 0.806. The van der Waals surface area contributed by atoms with E-state index in [4.69, 9.17) is 16.7 Å². The predicted molar refractivity (Wildman–Crippen MR) is 88.0 cm³/mol. The fraction of sp³-hybridized carbons (Fsp3) is 0.529. The van der Waals surface area contributed by atoms with Crippen LogP contribution >= 0.6 is 11.6 Å². The Morgan fingerprint density at radius 2 is 1.82 bits per heavy atom. The van der Waals surface area contributed by atoms with Gasteiger partial charge >= 0.3 is 5.97 Å². The van der Waals surface area contributed by atoms with E-state index in [-0.39, 0.29) is 5.91 Å². The van der Waals surface area contributed by atoms with E-state index in [1.165, 1.54) is 0 Å². The first-order valence-electron chi connectivity index (χ1n) is 7.31. The third kappa shape index (κ3) is 5.34. The van der Waals surface area contributed by atoms with Crippen molar-refractivity contribution >= 4 is 23.5 Å². The fourth-order valence-electron chi connectivity index (χ4n) is 2.07. The second-order valence-corrected chi connectivity index (χ2v) is 7.32. The van der Waals surface area contributed by atoms with Gasteiger partial charge in [0.15, 0.2) is 0 Å². The molecule has 5 heteroatoms. The summed E-state index contributed by atoms with van der Waals surface area (Å²) in [6, 6.07) is 7.45. The maximum absolute atomic E-state index is 12.3. The highest BCUT2D eigenvalue weighted by Crippen LogP contribution is 2.24.